The molecular weight excluding hydrogens is 317 g/mol. The van der Waals surface area contributed by atoms with Crippen LogP contribution in [-0.2, 0) is 23.1 Å². The molecule has 0 bridgehead atoms. The van der Waals surface area contributed by atoms with Crippen molar-refractivity contribution in [1.29, 1.82) is 0 Å². The van der Waals surface area contributed by atoms with Crippen LogP contribution in [0.5, 0.6) is 0 Å². The molecule has 6 heteroatoms. The maximum Gasteiger partial charge on any atom is 0.118 e. The largest absolute Gasteiger partial charge is 0.464 e. The van der Waals surface area contributed by atoms with Crippen LogP contribution in [-0.4, -0.2) is 10.8 Å². The van der Waals surface area contributed by atoms with E-state index < -0.39 is 10.8 Å². The van der Waals surface area contributed by atoms with Crippen LogP contribution >= 0.6 is 23.2 Å². The van der Waals surface area contributed by atoms with E-state index in [1.165, 1.54) is 0 Å². The van der Waals surface area contributed by atoms with Gasteiger partial charge in [-0.1, -0.05) is 36.2 Å². The second-order valence-electron chi connectivity index (χ2n) is 4.19. The van der Waals surface area contributed by atoms with Gasteiger partial charge < -0.3 is 9.73 Å². The van der Waals surface area contributed by atoms with Crippen molar-refractivity contribution in [3.63, 3.8) is 0 Å². The summed E-state index contributed by atoms with van der Waals surface area (Å²) < 4.78 is 18.0. The number of hydrogen-bond donors (Lipinski definition) is 1. The Bertz CT molecular complexity index is 593. The number of furan rings is 1. The first-order chi connectivity index (χ1) is 9.61. The summed E-state index contributed by atoms with van der Waals surface area (Å²) in [5.41, 5.74) is 0. The summed E-state index contributed by atoms with van der Waals surface area (Å²) >= 11 is 12.1. The minimum atomic E-state index is -1.33. The van der Waals surface area contributed by atoms with Crippen molar-refractivity contribution in [1.82, 2.24) is 5.32 Å². The van der Waals surface area contributed by atoms with Crippen molar-refractivity contribution in [3.05, 3.63) is 51.9 Å². The highest BCUT2D eigenvalue weighted by atomic mass is 35.5. The second-order valence-corrected chi connectivity index (χ2v) is 6.39. The third-order valence-electron chi connectivity index (χ3n) is 2.69. The van der Waals surface area contributed by atoms with Crippen LogP contribution in [0, 0.1) is 0 Å². The van der Waals surface area contributed by atoms with Gasteiger partial charge in [-0.2, -0.15) is 0 Å². The van der Waals surface area contributed by atoms with Gasteiger partial charge in [-0.05, 0) is 30.8 Å². The maximum absolute atomic E-state index is 12.3. The van der Waals surface area contributed by atoms with Gasteiger partial charge in [0, 0.05) is 0 Å². The van der Waals surface area contributed by atoms with Gasteiger partial charge in [-0.3, -0.25) is 4.21 Å². The van der Waals surface area contributed by atoms with E-state index in [2.05, 4.69) is 5.32 Å². The molecule has 0 aliphatic heterocycles. The Hall–Kier alpha value is -0.810. The van der Waals surface area contributed by atoms with E-state index in [4.69, 9.17) is 27.6 Å². The smallest absolute Gasteiger partial charge is 0.118 e. The van der Waals surface area contributed by atoms with Gasteiger partial charge in [0.15, 0.2) is 0 Å². The van der Waals surface area contributed by atoms with Gasteiger partial charge in [0.2, 0.25) is 0 Å². The lowest BCUT2D eigenvalue weighted by Gasteiger charge is -2.05. The third-order valence-corrected chi connectivity index (χ3v) is 4.98. The van der Waals surface area contributed by atoms with Crippen LogP contribution in [0.4, 0.5) is 0 Å². The zero-order valence-corrected chi connectivity index (χ0v) is 13.3. The summed E-state index contributed by atoms with van der Waals surface area (Å²) in [5.74, 6) is 1.74. The van der Waals surface area contributed by atoms with Crippen molar-refractivity contribution >= 4 is 34.0 Å². The Morgan fingerprint density at radius 2 is 1.80 bits per heavy atom. The standard InChI is InChI=1S/C14H15Cl2NO2S/c1-2-17-8-10-6-7-11(19-10)9-20(18)14-12(15)4-3-5-13(14)16/h3-7,17H,2,8-9H2,1H3. The molecule has 0 aliphatic carbocycles. The Morgan fingerprint density at radius 1 is 1.15 bits per heavy atom. The number of hydrogen-bond acceptors (Lipinski definition) is 3. The highest BCUT2D eigenvalue weighted by molar-refractivity contribution is 7.84. The number of rotatable bonds is 6. The Kier molecular flexibility index (Phi) is 5.66. The van der Waals surface area contributed by atoms with Crippen LogP contribution in [0.2, 0.25) is 10.0 Å². The van der Waals surface area contributed by atoms with Crippen molar-refractivity contribution in [2.45, 2.75) is 24.1 Å². The molecule has 1 N–H and O–H groups in total. The number of benzene rings is 1. The van der Waals surface area contributed by atoms with E-state index in [-0.39, 0.29) is 5.75 Å². The second kappa shape index (κ2) is 7.27. The summed E-state index contributed by atoms with van der Waals surface area (Å²) in [6.45, 7) is 3.56. The molecule has 0 spiro atoms. The molecule has 0 saturated carbocycles. The SMILES string of the molecule is CCNCc1ccc(CS(=O)c2c(Cl)cccc2Cl)o1. The van der Waals surface area contributed by atoms with Crippen LogP contribution in [0.15, 0.2) is 39.6 Å². The molecule has 2 aromatic rings. The molecule has 3 nitrogen and oxygen atoms in total. The van der Waals surface area contributed by atoms with Crippen LogP contribution in [0.25, 0.3) is 0 Å². The number of nitrogens with one attached hydrogen (secondary N) is 1. The Balaban J connectivity index is 2.10. The lowest BCUT2D eigenvalue weighted by atomic mass is 10.4. The maximum atomic E-state index is 12.3. The van der Waals surface area contributed by atoms with Gasteiger partial charge in [-0.15, -0.1) is 0 Å². The minimum absolute atomic E-state index is 0.260. The predicted molar refractivity (Wildman–Crippen MR) is 82.7 cm³/mol. The molecule has 20 heavy (non-hydrogen) atoms. The molecule has 1 heterocycles. The van der Waals surface area contributed by atoms with Gasteiger partial charge in [-0.25, -0.2) is 0 Å². The van der Waals surface area contributed by atoms with E-state index in [1.54, 1.807) is 18.2 Å². The van der Waals surface area contributed by atoms with Crippen molar-refractivity contribution in [2.75, 3.05) is 6.54 Å². The van der Waals surface area contributed by atoms with E-state index in [9.17, 15) is 4.21 Å². The summed E-state index contributed by atoms with van der Waals surface area (Å²) in [6.07, 6.45) is 0. The molecule has 0 saturated heterocycles. The first-order valence-corrected chi connectivity index (χ1v) is 8.30. The van der Waals surface area contributed by atoms with E-state index in [1.807, 2.05) is 19.1 Å². The van der Waals surface area contributed by atoms with E-state index in [0.29, 0.717) is 27.2 Å². The molecule has 108 valence electrons. The minimum Gasteiger partial charge on any atom is -0.464 e. The molecule has 0 radical (unpaired) electrons. The highest BCUT2D eigenvalue weighted by Crippen LogP contribution is 2.29. The summed E-state index contributed by atoms with van der Waals surface area (Å²) in [6, 6.07) is 8.80. The van der Waals surface area contributed by atoms with Crippen molar-refractivity contribution in [2.24, 2.45) is 0 Å². The monoisotopic (exact) mass is 331 g/mol. The average Bonchev–Trinajstić information content (AvgIpc) is 2.83. The summed E-state index contributed by atoms with van der Waals surface area (Å²) in [5, 5.41) is 3.99. The molecule has 2 rings (SSSR count). The average molecular weight is 332 g/mol. The molecule has 1 aromatic heterocycles. The molecular formula is C14H15Cl2NO2S. The summed E-state index contributed by atoms with van der Waals surface area (Å²) in [4.78, 5) is 0.459. The zero-order valence-electron chi connectivity index (χ0n) is 11.0. The van der Waals surface area contributed by atoms with Gasteiger partial charge in [0.1, 0.15) is 11.5 Å². The molecule has 0 amide bonds. The summed E-state index contributed by atoms with van der Waals surface area (Å²) in [7, 11) is -1.33. The molecule has 0 aliphatic rings. The molecule has 1 atom stereocenters. The van der Waals surface area contributed by atoms with Crippen LogP contribution in [0.3, 0.4) is 0 Å². The van der Waals surface area contributed by atoms with Crippen molar-refractivity contribution in [3.8, 4) is 0 Å². The van der Waals surface area contributed by atoms with Crippen molar-refractivity contribution < 1.29 is 8.63 Å². The Morgan fingerprint density at radius 3 is 2.45 bits per heavy atom. The zero-order chi connectivity index (χ0) is 14.5. The molecule has 0 fully saturated rings. The van der Waals surface area contributed by atoms with Gasteiger partial charge in [0.25, 0.3) is 0 Å². The molecule has 1 unspecified atom stereocenters. The van der Waals surface area contributed by atoms with Crippen LogP contribution in [0.1, 0.15) is 18.4 Å². The van der Waals surface area contributed by atoms with E-state index >= 15 is 0 Å². The van der Waals surface area contributed by atoms with Gasteiger partial charge >= 0.3 is 0 Å². The fraction of sp³-hybridized carbons (Fsp3) is 0.286. The topological polar surface area (TPSA) is 42.2 Å². The van der Waals surface area contributed by atoms with E-state index in [0.717, 1.165) is 12.3 Å². The third kappa shape index (κ3) is 3.85. The quantitative estimate of drug-likeness (QED) is 0.869. The van der Waals surface area contributed by atoms with Crippen LogP contribution < -0.4 is 5.32 Å². The first-order valence-electron chi connectivity index (χ1n) is 6.22. The lowest BCUT2D eigenvalue weighted by molar-refractivity contribution is 0.461. The fourth-order valence-corrected chi connectivity index (χ4v) is 3.79. The van der Waals surface area contributed by atoms with Gasteiger partial charge in [0.05, 0.1) is 38.0 Å². The Labute approximate surface area is 130 Å². The molecule has 1 aromatic carbocycles. The number of halogens is 2. The fourth-order valence-electron chi connectivity index (χ4n) is 1.74. The predicted octanol–water partition coefficient (Wildman–Crippen LogP) is 4.00. The first kappa shape index (κ1) is 15.6. The normalized spacial score (nSPS) is 12.6. The lowest BCUT2D eigenvalue weighted by Crippen LogP contribution is -2.10. The highest BCUT2D eigenvalue weighted by Gasteiger charge is 2.15.